The molecule has 0 aliphatic carbocycles. The molecule has 2 N–H and O–H groups in total. The molecule has 2 aliphatic heterocycles. The van der Waals surface area contributed by atoms with Crippen LogP contribution in [0.4, 0.5) is 0 Å². The van der Waals surface area contributed by atoms with Crippen LogP contribution in [0, 0.1) is 0 Å². The summed E-state index contributed by atoms with van der Waals surface area (Å²) in [5.41, 5.74) is 2.59. The Kier molecular flexibility index (Phi) is 8.81. The van der Waals surface area contributed by atoms with Crippen molar-refractivity contribution < 1.29 is 13.2 Å². The van der Waals surface area contributed by atoms with Gasteiger partial charge in [0.05, 0.1) is 12.4 Å². The van der Waals surface area contributed by atoms with Gasteiger partial charge in [-0.1, -0.05) is 12.1 Å². The van der Waals surface area contributed by atoms with E-state index in [4.69, 9.17) is 4.74 Å². The van der Waals surface area contributed by atoms with Gasteiger partial charge < -0.3 is 15.4 Å². The highest BCUT2D eigenvalue weighted by atomic mass is 127. The standard InChI is InChI=1S/C19H30N4O3S.HI/c1-3-27(24,25)23-11-7-17(8-12-23)22-19(20-2)21-10-6-15-4-5-18-16(14-15)9-13-26-18;/h4-5,14,17H,3,6-13H2,1-2H3,(H2,20,21,22);1H. The van der Waals surface area contributed by atoms with Crippen LogP contribution in [0.3, 0.4) is 0 Å². The first kappa shape index (κ1) is 23.2. The number of halogens is 1. The maximum absolute atomic E-state index is 11.9. The molecule has 158 valence electrons. The van der Waals surface area contributed by atoms with Gasteiger partial charge in [0, 0.05) is 39.1 Å². The zero-order valence-electron chi connectivity index (χ0n) is 16.6. The van der Waals surface area contributed by atoms with Crippen molar-refractivity contribution in [3.8, 4) is 5.75 Å². The smallest absolute Gasteiger partial charge is 0.213 e. The Morgan fingerprint density at radius 3 is 2.75 bits per heavy atom. The van der Waals surface area contributed by atoms with Gasteiger partial charge in [0.15, 0.2) is 5.96 Å². The van der Waals surface area contributed by atoms with Gasteiger partial charge in [0.25, 0.3) is 0 Å². The third-order valence-corrected chi connectivity index (χ3v) is 7.12. The van der Waals surface area contributed by atoms with E-state index in [1.54, 1.807) is 18.3 Å². The molecule has 1 aromatic rings. The summed E-state index contributed by atoms with van der Waals surface area (Å²) in [7, 11) is -1.31. The van der Waals surface area contributed by atoms with Crippen LogP contribution in [0.2, 0.25) is 0 Å². The van der Waals surface area contributed by atoms with Crippen LogP contribution in [0.1, 0.15) is 30.9 Å². The number of sulfonamides is 1. The summed E-state index contributed by atoms with van der Waals surface area (Å²) in [6.45, 7) is 4.41. The number of benzene rings is 1. The van der Waals surface area contributed by atoms with Crippen molar-refractivity contribution in [3.63, 3.8) is 0 Å². The highest BCUT2D eigenvalue weighted by Crippen LogP contribution is 2.25. The molecule has 3 rings (SSSR count). The molecule has 28 heavy (non-hydrogen) atoms. The number of aliphatic imine (C=N–C) groups is 1. The molecule has 0 saturated carbocycles. The predicted molar refractivity (Wildman–Crippen MR) is 123 cm³/mol. The molecule has 1 fully saturated rings. The average molecular weight is 522 g/mol. The van der Waals surface area contributed by atoms with Crippen molar-refractivity contribution in [2.24, 2.45) is 4.99 Å². The van der Waals surface area contributed by atoms with E-state index in [2.05, 4.69) is 33.8 Å². The van der Waals surface area contributed by atoms with E-state index in [1.807, 2.05) is 0 Å². The zero-order valence-corrected chi connectivity index (χ0v) is 19.8. The molecule has 0 radical (unpaired) electrons. The highest BCUT2D eigenvalue weighted by molar-refractivity contribution is 14.0. The molecule has 2 aliphatic rings. The van der Waals surface area contributed by atoms with Crippen LogP contribution in [0.25, 0.3) is 0 Å². The topological polar surface area (TPSA) is 83.0 Å². The molecule has 2 heterocycles. The number of fused-ring (bicyclic) bond motifs is 1. The maximum atomic E-state index is 11.9. The van der Waals surface area contributed by atoms with E-state index in [0.717, 1.165) is 50.5 Å². The van der Waals surface area contributed by atoms with Crippen molar-refractivity contribution in [2.75, 3.05) is 39.0 Å². The van der Waals surface area contributed by atoms with Crippen molar-refractivity contribution >= 4 is 40.0 Å². The molecule has 0 unspecified atom stereocenters. The summed E-state index contributed by atoms with van der Waals surface area (Å²) >= 11 is 0. The minimum Gasteiger partial charge on any atom is -0.493 e. The van der Waals surface area contributed by atoms with Crippen LogP contribution in [0.5, 0.6) is 5.75 Å². The zero-order chi connectivity index (χ0) is 19.3. The van der Waals surface area contributed by atoms with Crippen LogP contribution in [-0.4, -0.2) is 63.8 Å². The molecular weight excluding hydrogens is 491 g/mol. The number of ether oxygens (including phenoxy) is 1. The summed E-state index contributed by atoms with van der Waals surface area (Å²) < 4.78 is 31.0. The third-order valence-electron chi connectivity index (χ3n) is 5.24. The van der Waals surface area contributed by atoms with Crippen LogP contribution in [0.15, 0.2) is 23.2 Å². The summed E-state index contributed by atoms with van der Waals surface area (Å²) in [6, 6.07) is 6.65. The van der Waals surface area contributed by atoms with Gasteiger partial charge in [-0.3, -0.25) is 4.99 Å². The van der Waals surface area contributed by atoms with E-state index in [0.29, 0.717) is 13.1 Å². The summed E-state index contributed by atoms with van der Waals surface area (Å²) in [4.78, 5) is 4.30. The van der Waals surface area contributed by atoms with E-state index in [9.17, 15) is 8.42 Å². The Morgan fingerprint density at radius 2 is 2.07 bits per heavy atom. The second kappa shape index (κ2) is 10.6. The van der Waals surface area contributed by atoms with E-state index < -0.39 is 10.0 Å². The SMILES string of the molecule is CCS(=O)(=O)N1CCC(NC(=NC)NCCc2ccc3c(c2)CCO3)CC1.I. The normalized spacial score (nSPS) is 18.1. The second-order valence-electron chi connectivity index (χ2n) is 7.01. The van der Waals surface area contributed by atoms with Crippen molar-refractivity contribution in [1.82, 2.24) is 14.9 Å². The Morgan fingerprint density at radius 1 is 1.32 bits per heavy atom. The molecule has 1 saturated heterocycles. The first-order chi connectivity index (χ1) is 13.0. The Balaban J connectivity index is 0.00000280. The van der Waals surface area contributed by atoms with Crippen LogP contribution >= 0.6 is 24.0 Å². The van der Waals surface area contributed by atoms with E-state index in [-0.39, 0.29) is 35.8 Å². The molecule has 0 aromatic heterocycles. The minimum atomic E-state index is -3.08. The first-order valence-corrected chi connectivity index (χ1v) is 11.3. The van der Waals surface area contributed by atoms with E-state index >= 15 is 0 Å². The molecular formula is C19H31IN4O3S. The molecule has 0 amide bonds. The monoisotopic (exact) mass is 522 g/mol. The fraction of sp³-hybridized carbons (Fsp3) is 0.632. The number of rotatable bonds is 6. The number of piperidine rings is 1. The lowest BCUT2D eigenvalue weighted by atomic mass is 10.1. The Hall–Kier alpha value is -1.07. The predicted octanol–water partition coefficient (Wildman–Crippen LogP) is 1.76. The average Bonchev–Trinajstić information content (AvgIpc) is 3.15. The van der Waals surface area contributed by atoms with Gasteiger partial charge in [0.2, 0.25) is 10.0 Å². The second-order valence-corrected chi connectivity index (χ2v) is 9.27. The number of hydrogen-bond donors (Lipinski definition) is 2. The lowest BCUT2D eigenvalue weighted by molar-refractivity contribution is 0.306. The molecule has 0 bridgehead atoms. The largest absolute Gasteiger partial charge is 0.493 e. The minimum absolute atomic E-state index is 0. The lowest BCUT2D eigenvalue weighted by Gasteiger charge is -2.32. The number of hydrogen-bond acceptors (Lipinski definition) is 4. The first-order valence-electron chi connectivity index (χ1n) is 9.71. The lowest BCUT2D eigenvalue weighted by Crippen LogP contribution is -2.50. The van der Waals surface area contributed by atoms with Crippen molar-refractivity contribution in [1.29, 1.82) is 0 Å². The van der Waals surface area contributed by atoms with Gasteiger partial charge >= 0.3 is 0 Å². The highest BCUT2D eigenvalue weighted by Gasteiger charge is 2.26. The Bertz CT molecular complexity index is 777. The third kappa shape index (κ3) is 5.96. The summed E-state index contributed by atoms with van der Waals surface area (Å²) in [5, 5.41) is 6.78. The van der Waals surface area contributed by atoms with Gasteiger partial charge in [0.1, 0.15) is 5.75 Å². The molecule has 1 aromatic carbocycles. The summed E-state index contributed by atoms with van der Waals surface area (Å²) in [6.07, 6.45) is 3.50. The quantitative estimate of drug-likeness (QED) is 0.338. The molecule has 9 heteroatoms. The van der Waals surface area contributed by atoms with Gasteiger partial charge in [-0.25, -0.2) is 12.7 Å². The number of nitrogens with one attached hydrogen (secondary N) is 2. The fourth-order valence-corrected chi connectivity index (χ4v) is 4.70. The summed E-state index contributed by atoms with van der Waals surface area (Å²) in [5.74, 6) is 1.96. The van der Waals surface area contributed by atoms with E-state index in [1.165, 1.54) is 11.1 Å². The number of guanidine groups is 1. The molecule has 0 spiro atoms. The van der Waals surface area contributed by atoms with Crippen LogP contribution < -0.4 is 15.4 Å². The number of nitrogens with zero attached hydrogens (tertiary/aromatic N) is 2. The maximum Gasteiger partial charge on any atom is 0.213 e. The Labute approximate surface area is 185 Å². The van der Waals surface area contributed by atoms with Crippen molar-refractivity contribution in [2.45, 2.75) is 38.6 Å². The van der Waals surface area contributed by atoms with Crippen molar-refractivity contribution in [3.05, 3.63) is 29.3 Å². The van der Waals surface area contributed by atoms with Gasteiger partial charge in [-0.05, 0) is 43.4 Å². The van der Waals surface area contributed by atoms with Gasteiger partial charge in [-0.2, -0.15) is 0 Å². The fourth-order valence-electron chi connectivity index (χ4n) is 3.57. The molecule has 7 nitrogen and oxygen atoms in total. The molecule has 0 atom stereocenters. The van der Waals surface area contributed by atoms with Crippen LogP contribution in [-0.2, 0) is 22.9 Å². The van der Waals surface area contributed by atoms with Gasteiger partial charge in [-0.15, -0.1) is 24.0 Å².